The van der Waals surface area contributed by atoms with E-state index >= 15 is 0 Å². The summed E-state index contributed by atoms with van der Waals surface area (Å²) in [6, 6.07) is -0.429. The predicted octanol–water partition coefficient (Wildman–Crippen LogP) is -2.23. The van der Waals surface area contributed by atoms with Crippen molar-refractivity contribution in [3.63, 3.8) is 0 Å². The summed E-state index contributed by atoms with van der Waals surface area (Å²) < 4.78 is 2.33. The van der Waals surface area contributed by atoms with Gasteiger partial charge in [-0.3, -0.25) is 14.2 Å². The molecule has 1 fully saturated rings. The van der Waals surface area contributed by atoms with E-state index < -0.39 is 23.4 Å². The molecule has 8 nitrogen and oxygen atoms in total. The molecule has 0 aromatic carbocycles. The van der Waals surface area contributed by atoms with Crippen LogP contribution in [0.4, 0.5) is 0 Å². The van der Waals surface area contributed by atoms with E-state index in [1.807, 2.05) is 0 Å². The lowest BCUT2D eigenvalue weighted by atomic mass is 10.1. The van der Waals surface area contributed by atoms with Crippen molar-refractivity contribution in [2.45, 2.75) is 25.1 Å². The van der Waals surface area contributed by atoms with E-state index in [0.29, 0.717) is 18.5 Å². The fourth-order valence-corrected chi connectivity index (χ4v) is 2.50. The van der Waals surface area contributed by atoms with E-state index in [1.54, 1.807) is 14.1 Å². The molecule has 2 heterocycles. The van der Waals surface area contributed by atoms with E-state index in [4.69, 9.17) is 0 Å². The number of amides is 1. The molecule has 1 saturated heterocycles. The van der Waals surface area contributed by atoms with E-state index in [1.165, 1.54) is 22.7 Å². The summed E-state index contributed by atoms with van der Waals surface area (Å²) in [5, 5.41) is 12.4. The molecule has 0 saturated carbocycles. The van der Waals surface area contributed by atoms with Crippen LogP contribution in [0.1, 0.15) is 12.0 Å². The van der Waals surface area contributed by atoms with E-state index in [9.17, 15) is 19.5 Å². The highest BCUT2D eigenvalue weighted by Gasteiger charge is 2.30. The van der Waals surface area contributed by atoms with Crippen LogP contribution in [0.15, 0.2) is 15.8 Å². The van der Waals surface area contributed by atoms with Crippen molar-refractivity contribution in [2.24, 2.45) is 14.1 Å². The van der Waals surface area contributed by atoms with Gasteiger partial charge in [0.05, 0.1) is 24.3 Å². The standard InChI is InChI=1S/C13H20N4O4/c1-15(12(20)10-4-9(18)5-14-10)6-8-7-16(2)13(21)17(3)11(8)19/h7,9-10,14,18H,4-6H2,1-3H3. The minimum Gasteiger partial charge on any atom is -0.392 e. The van der Waals surface area contributed by atoms with Crippen molar-refractivity contribution in [3.8, 4) is 0 Å². The third-order valence-corrected chi connectivity index (χ3v) is 3.71. The Morgan fingerprint density at radius 1 is 1.48 bits per heavy atom. The number of carbonyl (C=O) groups excluding carboxylic acids is 1. The van der Waals surface area contributed by atoms with Gasteiger partial charge in [0.25, 0.3) is 5.56 Å². The summed E-state index contributed by atoms with van der Waals surface area (Å²) in [5.74, 6) is -0.178. The van der Waals surface area contributed by atoms with Crippen LogP contribution in [0.3, 0.4) is 0 Å². The minimum absolute atomic E-state index is 0.119. The Balaban J connectivity index is 2.17. The lowest BCUT2D eigenvalue weighted by Gasteiger charge is -2.21. The average molecular weight is 296 g/mol. The number of hydrogen-bond acceptors (Lipinski definition) is 5. The summed E-state index contributed by atoms with van der Waals surface area (Å²) in [6.45, 7) is 0.514. The second-order valence-electron chi connectivity index (χ2n) is 5.46. The van der Waals surface area contributed by atoms with Crippen molar-refractivity contribution in [3.05, 3.63) is 32.6 Å². The number of nitrogens with one attached hydrogen (secondary N) is 1. The fourth-order valence-electron chi connectivity index (χ4n) is 2.50. The third-order valence-electron chi connectivity index (χ3n) is 3.71. The number of aliphatic hydroxyl groups excluding tert-OH is 1. The molecule has 0 bridgehead atoms. The monoisotopic (exact) mass is 296 g/mol. The highest BCUT2D eigenvalue weighted by molar-refractivity contribution is 5.82. The smallest absolute Gasteiger partial charge is 0.330 e. The molecular weight excluding hydrogens is 276 g/mol. The Bertz CT molecular complexity index is 663. The molecule has 1 aliphatic rings. The number of aromatic nitrogens is 2. The normalized spacial score (nSPS) is 21.5. The predicted molar refractivity (Wildman–Crippen MR) is 75.8 cm³/mol. The van der Waals surface area contributed by atoms with Crippen molar-refractivity contribution in [1.29, 1.82) is 0 Å². The maximum Gasteiger partial charge on any atom is 0.330 e. The van der Waals surface area contributed by atoms with Crippen molar-refractivity contribution >= 4 is 5.91 Å². The van der Waals surface area contributed by atoms with Crippen molar-refractivity contribution in [1.82, 2.24) is 19.4 Å². The molecule has 1 amide bonds. The van der Waals surface area contributed by atoms with E-state index in [-0.39, 0.29) is 12.5 Å². The highest BCUT2D eigenvalue weighted by atomic mass is 16.3. The zero-order valence-corrected chi connectivity index (χ0v) is 12.4. The van der Waals surface area contributed by atoms with Gasteiger partial charge in [-0.05, 0) is 6.42 Å². The molecule has 1 aromatic rings. The van der Waals surface area contributed by atoms with Crippen LogP contribution < -0.4 is 16.6 Å². The Morgan fingerprint density at radius 3 is 2.71 bits per heavy atom. The molecule has 1 aromatic heterocycles. The Hall–Kier alpha value is -1.93. The van der Waals surface area contributed by atoms with Crippen molar-refractivity contribution in [2.75, 3.05) is 13.6 Å². The summed E-state index contributed by atoms with van der Waals surface area (Å²) >= 11 is 0. The second-order valence-corrected chi connectivity index (χ2v) is 5.46. The Kier molecular flexibility index (Phi) is 4.29. The first-order chi connectivity index (χ1) is 9.81. The van der Waals surface area contributed by atoms with Crippen molar-refractivity contribution < 1.29 is 9.90 Å². The summed E-state index contributed by atoms with van der Waals surface area (Å²) in [4.78, 5) is 37.3. The van der Waals surface area contributed by atoms with Gasteiger partial charge >= 0.3 is 5.69 Å². The second kappa shape index (κ2) is 5.82. The molecule has 0 radical (unpaired) electrons. The molecular formula is C13H20N4O4. The van der Waals surface area contributed by atoms with Gasteiger partial charge in [0.2, 0.25) is 5.91 Å². The highest BCUT2D eigenvalue weighted by Crippen LogP contribution is 2.10. The third kappa shape index (κ3) is 3.06. The molecule has 21 heavy (non-hydrogen) atoms. The lowest BCUT2D eigenvalue weighted by Crippen LogP contribution is -2.44. The quantitative estimate of drug-likeness (QED) is 0.658. The number of hydrogen-bond donors (Lipinski definition) is 2. The minimum atomic E-state index is -0.516. The molecule has 2 rings (SSSR count). The topological polar surface area (TPSA) is 96.6 Å². The van der Waals surface area contributed by atoms with Crippen LogP contribution in [-0.2, 0) is 25.4 Å². The first-order valence-electron chi connectivity index (χ1n) is 6.73. The maximum absolute atomic E-state index is 12.2. The van der Waals surface area contributed by atoms with Crippen LogP contribution in [0.2, 0.25) is 0 Å². The first kappa shape index (κ1) is 15.5. The zero-order chi connectivity index (χ0) is 15.7. The average Bonchev–Trinajstić information content (AvgIpc) is 2.88. The van der Waals surface area contributed by atoms with Crippen LogP contribution in [-0.4, -0.2) is 50.8 Å². The number of rotatable bonds is 3. The van der Waals surface area contributed by atoms with Gasteiger partial charge in [-0.15, -0.1) is 0 Å². The van der Waals surface area contributed by atoms with Gasteiger partial charge < -0.3 is 19.9 Å². The van der Waals surface area contributed by atoms with Gasteiger partial charge in [-0.25, -0.2) is 4.79 Å². The molecule has 2 unspecified atom stereocenters. The van der Waals surface area contributed by atoms with E-state index in [0.717, 1.165) is 4.57 Å². The number of aliphatic hydroxyl groups is 1. The van der Waals surface area contributed by atoms with Crippen LogP contribution in [0, 0.1) is 0 Å². The first-order valence-corrected chi connectivity index (χ1v) is 6.73. The Labute approximate surface area is 121 Å². The van der Waals surface area contributed by atoms with Gasteiger partial charge in [0.1, 0.15) is 0 Å². The SMILES string of the molecule is CN(Cc1cn(C)c(=O)n(C)c1=O)C(=O)C1CC(O)CN1. The molecule has 8 heteroatoms. The molecule has 0 spiro atoms. The van der Waals surface area contributed by atoms with Crippen LogP contribution in [0.25, 0.3) is 0 Å². The van der Waals surface area contributed by atoms with E-state index in [2.05, 4.69) is 5.32 Å². The molecule has 2 N–H and O–H groups in total. The van der Waals surface area contributed by atoms with Gasteiger partial charge in [-0.1, -0.05) is 0 Å². The fraction of sp³-hybridized carbons (Fsp3) is 0.615. The molecule has 2 atom stereocenters. The number of nitrogens with zero attached hydrogens (tertiary/aromatic N) is 3. The summed E-state index contributed by atoms with van der Waals surface area (Å²) in [6.07, 6.45) is 1.30. The molecule has 1 aliphatic heterocycles. The van der Waals surface area contributed by atoms with Gasteiger partial charge in [0.15, 0.2) is 0 Å². The molecule has 116 valence electrons. The number of carbonyl (C=O) groups is 1. The lowest BCUT2D eigenvalue weighted by molar-refractivity contribution is -0.132. The van der Waals surface area contributed by atoms with Crippen LogP contribution in [0.5, 0.6) is 0 Å². The number of β-amino-alcohol motifs (C(OH)–C–C–N with tert-alkyl or cyclic N) is 1. The Morgan fingerprint density at radius 2 is 2.14 bits per heavy atom. The molecule has 0 aliphatic carbocycles. The van der Waals surface area contributed by atoms with Gasteiger partial charge in [0, 0.05) is 33.9 Å². The van der Waals surface area contributed by atoms with Crippen LogP contribution >= 0.6 is 0 Å². The number of likely N-dealkylation sites (N-methyl/N-ethyl adjacent to an activating group) is 1. The number of aryl methyl sites for hydroxylation is 1. The zero-order valence-electron chi connectivity index (χ0n) is 12.4. The maximum atomic E-state index is 12.2. The summed E-state index contributed by atoms with van der Waals surface area (Å²) in [5.41, 5.74) is -0.440. The van der Waals surface area contributed by atoms with Gasteiger partial charge in [-0.2, -0.15) is 0 Å². The largest absolute Gasteiger partial charge is 0.392 e. The summed E-state index contributed by atoms with van der Waals surface area (Å²) in [7, 11) is 4.56.